The molecule has 1 rings (SSSR count). The van der Waals surface area contributed by atoms with Crippen molar-refractivity contribution in [2.24, 2.45) is 0 Å². The summed E-state index contributed by atoms with van der Waals surface area (Å²) in [5, 5.41) is 9.10. The monoisotopic (exact) mass is 233 g/mol. The second-order valence-corrected chi connectivity index (χ2v) is 3.93. The van der Waals surface area contributed by atoms with Gasteiger partial charge in [-0.05, 0) is 25.5 Å². The van der Waals surface area contributed by atoms with E-state index in [9.17, 15) is 0 Å². The lowest BCUT2D eigenvalue weighted by Gasteiger charge is -2.29. The van der Waals surface area contributed by atoms with Gasteiger partial charge >= 0.3 is 0 Å². The van der Waals surface area contributed by atoms with Crippen molar-refractivity contribution in [1.82, 2.24) is 4.98 Å². The number of nitrogens with zero attached hydrogens (tertiary/aromatic N) is 3. The number of hydrogen-bond acceptors (Lipinski definition) is 4. The third kappa shape index (κ3) is 3.43. The number of methoxy groups -OCH3 is 1. The Morgan fingerprint density at radius 2 is 2.35 bits per heavy atom. The Morgan fingerprint density at radius 3 is 2.94 bits per heavy atom. The van der Waals surface area contributed by atoms with E-state index in [0.717, 1.165) is 18.8 Å². The van der Waals surface area contributed by atoms with Crippen LogP contribution < -0.4 is 4.90 Å². The minimum Gasteiger partial charge on any atom is -0.383 e. The number of rotatable bonds is 6. The number of nitriles is 1. The summed E-state index contributed by atoms with van der Waals surface area (Å²) in [6.07, 6.45) is 2.73. The summed E-state index contributed by atoms with van der Waals surface area (Å²) in [4.78, 5) is 6.45. The van der Waals surface area contributed by atoms with E-state index in [4.69, 9.17) is 10.00 Å². The van der Waals surface area contributed by atoms with Crippen LogP contribution in [0.1, 0.15) is 25.8 Å². The summed E-state index contributed by atoms with van der Waals surface area (Å²) in [5.74, 6) is 0.751. The van der Waals surface area contributed by atoms with Gasteiger partial charge < -0.3 is 9.64 Å². The molecule has 1 aromatic heterocycles. The number of hydrogen-bond donors (Lipinski definition) is 0. The van der Waals surface area contributed by atoms with Crippen molar-refractivity contribution in [2.45, 2.75) is 26.3 Å². The van der Waals surface area contributed by atoms with Gasteiger partial charge in [0.1, 0.15) is 11.9 Å². The zero-order valence-electron chi connectivity index (χ0n) is 10.7. The van der Waals surface area contributed by atoms with Crippen LogP contribution in [0.4, 0.5) is 5.82 Å². The average molecular weight is 233 g/mol. The number of anilines is 1. The van der Waals surface area contributed by atoms with Crippen LogP contribution in [0.2, 0.25) is 0 Å². The molecule has 92 valence electrons. The molecule has 0 aliphatic carbocycles. The van der Waals surface area contributed by atoms with E-state index >= 15 is 0 Å². The molecular weight excluding hydrogens is 214 g/mol. The van der Waals surface area contributed by atoms with E-state index < -0.39 is 0 Å². The van der Waals surface area contributed by atoms with Crippen molar-refractivity contribution in [3.8, 4) is 6.07 Å². The summed E-state index contributed by atoms with van der Waals surface area (Å²) in [5.41, 5.74) is 0.615. The molecule has 0 N–H and O–H groups in total. The van der Waals surface area contributed by atoms with Gasteiger partial charge in [0, 0.05) is 25.9 Å². The van der Waals surface area contributed by atoms with Gasteiger partial charge in [0.05, 0.1) is 12.2 Å². The van der Waals surface area contributed by atoms with Crippen molar-refractivity contribution in [2.75, 3.05) is 25.2 Å². The van der Waals surface area contributed by atoms with Gasteiger partial charge in [-0.2, -0.15) is 5.26 Å². The molecule has 1 heterocycles. The van der Waals surface area contributed by atoms with E-state index in [0.29, 0.717) is 18.2 Å². The lowest BCUT2D eigenvalue weighted by Crippen LogP contribution is -2.36. The van der Waals surface area contributed by atoms with Gasteiger partial charge in [-0.15, -0.1) is 0 Å². The Hall–Kier alpha value is -1.60. The summed E-state index contributed by atoms with van der Waals surface area (Å²) in [7, 11) is 1.68. The van der Waals surface area contributed by atoms with E-state index in [1.165, 1.54) is 0 Å². The van der Waals surface area contributed by atoms with Gasteiger partial charge in [0.15, 0.2) is 0 Å². The van der Waals surface area contributed by atoms with Gasteiger partial charge in [0.2, 0.25) is 0 Å². The summed E-state index contributed by atoms with van der Waals surface area (Å²) in [6.45, 7) is 5.63. The number of aromatic nitrogens is 1. The van der Waals surface area contributed by atoms with Crippen LogP contribution in [-0.2, 0) is 4.74 Å². The molecular formula is C13H19N3O. The quantitative estimate of drug-likeness (QED) is 0.755. The molecule has 0 fully saturated rings. The molecule has 0 bridgehead atoms. The van der Waals surface area contributed by atoms with E-state index in [2.05, 4.69) is 29.8 Å². The molecule has 4 nitrogen and oxygen atoms in total. The number of pyridine rings is 1. The van der Waals surface area contributed by atoms with Crippen molar-refractivity contribution < 1.29 is 4.74 Å². The molecule has 0 radical (unpaired) electrons. The predicted octanol–water partition coefficient (Wildman–Crippen LogP) is 2.20. The maximum atomic E-state index is 9.10. The van der Waals surface area contributed by atoms with Gasteiger partial charge in [0.25, 0.3) is 0 Å². The second-order valence-electron chi connectivity index (χ2n) is 3.93. The Bertz CT molecular complexity index is 386. The third-order valence-electron chi connectivity index (χ3n) is 2.84. The normalized spacial score (nSPS) is 11.9. The second kappa shape index (κ2) is 6.87. The van der Waals surface area contributed by atoms with Crippen LogP contribution in [-0.4, -0.2) is 31.3 Å². The van der Waals surface area contributed by atoms with Crippen LogP contribution in [0.5, 0.6) is 0 Å². The standard InChI is InChI=1S/C13H19N3O/c1-4-11(2)16(8-9-17-3)13-12(10-14)6-5-7-15-13/h5-7,11H,4,8-9H2,1-3H3. The van der Waals surface area contributed by atoms with Crippen molar-refractivity contribution >= 4 is 5.82 Å². The highest BCUT2D eigenvalue weighted by Crippen LogP contribution is 2.19. The summed E-state index contributed by atoms with van der Waals surface area (Å²) in [6, 6.07) is 6.11. The topological polar surface area (TPSA) is 49.1 Å². The Morgan fingerprint density at radius 1 is 1.59 bits per heavy atom. The van der Waals surface area contributed by atoms with Crippen LogP contribution in [0, 0.1) is 11.3 Å². The Kier molecular flexibility index (Phi) is 5.44. The van der Waals surface area contributed by atoms with Crippen molar-refractivity contribution in [3.63, 3.8) is 0 Å². The van der Waals surface area contributed by atoms with Crippen molar-refractivity contribution in [1.29, 1.82) is 5.26 Å². The molecule has 0 aliphatic heterocycles. The Balaban J connectivity index is 2.99. The first-order valence-corrected chi connectivity index (χ1v) is 5.85. The zero-order valence-corrected chi connectivity index (χ0v) is 10.7. The van der Waals surface area contributed by atoms with Gasteiger partial charge in [-0.3, -0.25) is 0 Å². The first kappa shape index (κ1) is 13.5. The van der Waals surface area contributed by atoms with Crippen LogP contribution in [0.3, 0.4) is 0 Å². The summed E-state index contributed by atoms with van der Waals surface area (Å²) >= 11 is 0. The molecule has 1 unspecified atom stereocenters. The minimum atomic E-state index is 0.340. The van der Waals surface area contributed by atoms with Gasteiger partial charge in [-0.25, -0.2) is 4.98 Å². The molecule has 4 heteroatoms. The molecule has 1 atom stereocenters. The molecule has 0 saturated heterocycles. The first-order chi connectivity index (χ1) is 8.24. The lowest BCUT2D eigenvalue weighted by atomic mass is 10.2. The van der Waals surface area contributed by atoms with Crippen LogP contribution >= 0.6 is 0 Å². The fourth-order valence-corrected chi connectivity index (χ4v) is 1.66. The number of ether oxygens (including phenoxy) is 1. The average Bonchev–Trinajstić information content (AvgIpc) is 2.39. The predicted molar refractivity (Wildman–Crippen MR) is 67.9 cm³/mol. The maximum absolute atomic E-state index is 9.10. The zero-order chi connectivity index (χ0) is 12.7. The molecule has 0 aromatic carbocycles. The molecule has 0 aliphatic rings. The molecule has 0 amide bonds. The van der Waals surface area contributed by atoms with Crippen LogP contribution in [0.15, 0.2) is 18.3 Å². The molecule has 1 aromatic rings. The summed E-state index contributed by atoms with van der Waals surface area (Å²) < 4.78 is 5.11. The third-order valence-corrected chi connectivity index (χ3v) is 2.84. The highest BCUT2D eigenvalue weighted by Gasteiger charge is 2.17. The Labute approximate surface area is 103 Å². The molecule has 0 saturated carbocycles. The minimum absolute atomic E-state index is 0.340. The molecule has 0 spiro atoms. The molecule has 17 heavy (non-hydrogen) atoms. The largest absolute Gasteiger partial charge is 0.383 e. The smallest absolute Gasteiger partial charge is 0.146 e. The highest BCUT2D eigenvalue weighted by atomic mass is 16.5. The maximum Gasteiger partial charge on any atom is 0.146 e. The fraction of sp³-hybridized carbons (Fsp3) is 0.538. The van der Waals surface area contributed by atoms with E-state index in [1.54, 1.807) is 25.4 Å². The SMILES string of the molecule is CCC(C)N(CCOC)c1ncccc1C#N. The van der Waals surface area contributed by atoms with E-state index in [-0.39, 0.29) is 0 Å². The van der Waals surface area contributed by atoms with Gasteiger partial charge in [-0.1, -0.05) is 6.92 Å². The highest BCUT2D eigenvalue weighted by molar-refractivity contribution is 5.54. The van der Waals surface area contributed by atoms with E-state index in [1.807, 2.05) is 0 Å². The van der Waals surface area contributed by atoms with Crippen LogP contribution in [0.25, 0.3) is 0 Å². The lowest BCUT2D eigenvalue weighted by molar-refractivity contribution is 0.203. The fourth-order valence-electron chi connectivity index (χ4n) is 1.66. The van der Waals surface area contributed by atoms with Crippen molar-refractivity contribution in [3.05, 3.63) is 23.9 Å². The first-order valence-electron chi connectivity index (χ1n) is 5.85.